The molecule has 1 amide bonds. The molecular formula is C21H25ClFN3O2. The van der Waals surface area contributed by atoms with Gasteiger partial charge in [0.2, 0.25) is 5.91 Å². The first-order chi connectivity index (χ1) is 13.4. The van der Waals surface area contributed by atoms with E-state index in [9.17, 15) is 14.3 Å². The number of amides is 1. The van der Waals surface area contributed by atoms with E-state index in [-0.39, 0.29) is 24.0 Å². The number of benzene rings is 1. The third-order valence-electron chi connectivity index (χ3n) is 5.00. The van der Waals surface area contributed by atoms with E-state index in [1.54, 1.807) is 11.0 Å². The first-order valence-electron chi connectivity index (χ1n) is 9.54. The Morgan fingerprint density at radius 1 is 1.39 bits per heavy atom. The first-order valence-corrected chi connectivity index (χ1v) is 9.92. The Hall–Kier alpha value is -2.05. The fourth-order valence-electron chi connectivity index (χ4n) is 3.41. The van der Waals surface area contributed by atoms with Gasteiger partial charge in [0, 0.05) is 31.5 Å². The van der Waals surface area contributed by atoms with Gasteiger partial charge >= 0.3 is 0 Å². The van der Waals surface area contributed by atoms with Crippen molar-refractivity contribution in [3.63, 3.8) is 0 Å². The van der Waals surface area contributed by atoms with Crippen LogP contribution in [0.15, 0.2) is 24.4 Å². The van der Waals surface area contributed by atoms with E-state index in [1.807, 2.05) is 6.20 Å². The Balaban J connectivity index is 1.70. The Morgan fingerprint density at radius 3 is 2.86 bits per heavy atom. The largest absolute Gasteiger partial charge is 0.396 e. The highest BCUT2D eigenvalue weighted by Gasteiger charge is 2.25. The van der Waals surface area contributed by atoms with Gasteiger partial charge in [0.05, 0.1) is 23.9 Å². The number of hydrogen-bond acceptors (Lipinski definition) is 4. The van der Waals surface area contributed by atoms with Crippen LogP contribution in [0.2, 0.25) is 5.02 Å². The van der Waals surface area contributed by atoms with Crippen molar-refractivity contribution in [2.24, 2.45) is 5.92 Å². The first kappa shape index (κ1) is 20.7. The lowest BCUT2D eigenvalue weighted by molar-refractivity contribution is -0.132. The quantitative estimate of drug-likeness (QED) is 0.798. The van der Waals surface area contributed by atoms with Gasteiger partial charge in [0.1, 0.15) is 11.6 Å². The molecule has 7 heteroatoms. The summed E-state index contributed by atoms with van der Waals surface area (Å²) in [6.45, 7) is 5.08. The summed E-state index contributed by atoms with van der Waals surface area (Å²) >= 11 is 5.84. The number of carbonyl (C=O) groups is 1. The summed E-state index contributed by atoms with van der Waals surface area (Å²) in [4.78, 5) is 23.7. The number of halogens is 2. The fourth-order valence-corrected chi connectivity index (χ4v) is 3.60. The van der Waals surface area contributed by atoms with Crippen LogP contribution in [-0.4, -0.2) is 39.0 Å². The van der Waals surface area contributed by atoms with Crippen LogP contribution in [-0.2, 0) is 24.2 Å². The van der Waals surface area contributed by atoms with Crippen molar-refractivity contribution in [3.05, 3.63) is 57.9 Å². The Bertz CT molecular complexity index is 860. The molecule has 3 rings (SSSR count). The molecule has 28 heavy (non-hydrogen) atoms. The second kappa shape index (κ2) is 8.97. The maximum absolute atomic E-state index is 13.4. The SMILES string of the molecule is CC(C)Cc1ncc2c(n1)CN(C(=O)CC(CO)c1ccc(F)c(Cl)c1)CC2. The number of aliphatic hydroxyl groups is 1. The summed E-state index contributed by atoms with van der Waals surface area (Å²) in [6, 6.07) is 4.30. The van der Waals surface area contributed by atoms with E-state index >= 15 is 0 Å². The topological polar surface area (TPSA) is 66.3 Å². The van der Waals surface area contributed by atoms with Crippen molar-refractivity contribution in [3.8, 4) is 0 Å². The van der Waals surface area contributed by atoms with Crippen LogP contribution in [0.4, 0.5) is 4.39 Å². The van der Waals surface area contributed by atoms with Gasteiger partial charge in [-0.25, -0.2) is 14.4 Å². The normalized spacial score (nSPS) is 14.9. The van der Waals surface area contributed by atoms with Crippen molar-refractivity contribution < 1.29 is 14.3 Å². The van der Waals surface area contributed by atoms with Crippen molar-refractivity contribution >= 4 is 17.5 Å². The van der Waals surface area contributed by atoms with E-state index in [0.717, 1.165) is 29.9 Å². The second-order valence-electron chi connectivity index (χ2n) is 7.68. The van der Waals surface area contributed by atoms with Crippen LogP contribution in [0.3, 0.4) is 0 Å². The molecule has 1 aliphatic heterocycles. The molecule has 1 aromatic carbocycles. The van der Waals surface area contributed by atoms with E-state index in [0.29, 0.717) is 24.6 Å². The molecule has 1 unspecified atom stereocenters. The highest BCUT2D eigenvalue weighted by atomic mass is 35.5. The Morgan fingerprint density at radius 2 is 2.18 bits per heavy atom. The molecule has 2 aromatic rings. The monoisotopic (exact) mass is 405 g/mol. The van der Waals surface area contributed by atoms with Gasteiger partial charge in [-0.3, -0.25) is 4.79 Å². The highest BCUT2D eigenvalue weighted by Crippen LogP contribution is 2.26. The minimum atomic E-state index is -0.516. The van der Waals surface area contributed by atoms with Gasteiger partial charge in [-0.2, -0.15) is 0 Å². The lowest BCUT2D eigenvalue weighted by Gasteiger charge is -2.29. The highest BCUT2D eigenvalue weighted by molar-refractivity contribution is 6.30. The third kappa shape index (κ3) is 4.86. The van der Waals surface area contributed by atoms with E-state index in [4.69, 9.17) is 11.6 Å². The maximum atomic E-state index is 13.4. The van der Waals surface area contributed by atoms with Crippen LogP contribution < -0.4 is 0 Å². The molecule has 5 nitrogen and oxygen atoms in total. The van der Waals surface area contributed by atoms with Gasteiger partial charge < -0.3 is 10.0 Å². The molecule has 0 bridgehead atoms. The zero-order valence-corrected chi connectivity index (χ0v) is 16.9. The van der Waals surface area contributed by atoms with E-state index in [1.165, 1.54) is 12.1 Å². The molecule has 0 radical (unpaired) electrons. The number of carbonyl (C=O) groups excluding carboxylic acids is 1. The Labute approximate surface area is 169 Å². The second-order valence-corrected chi connectivity index (χ2v) is 8.09. The van der Waals surface area contributed by atoms with Gasteiger partial charge in [-0.1, -0.05) is 31.5 Å². The number of nitrogens with zero attached hydrogens (tertiary/aromatic N) is 3. The molecule has 0 saturated carbocycles. The standard InChI is InChI=1S/C21H25ClFN3O2/c1-13(2)7-20-24-10-15-5-6-26(11-19(15)25-20)21(28)9-16(12-27)14-3-4-18(23)17(22)8-14/h3-4,8,10,13,16,27H,5-7,9,11-12H2,1-2H3. The summed E-state index contributed by atoms with van der Waals surface area (Å²) < 4.78 is 13.4. The molecule has 0 aliphatic carbocycles. The summed E-state index contributed by atoms with van der Waals surface area (Å²) in [7, 11) is 0. The number of aliphatic hydroxyl groups excluding tert-OH is 1. The van der Waals surface area contributed by atoms with E-state index in [2.05, 4.69) is 23.8 Å². The minimum absolute atomic E-state index is 0.00955. The van der Waals surface area contributed by atoms with Gasteiger partial charge in [-0.05, 0) is 35.6 Å². The smallest absolute Gasteiger partial charge is 0.223 e. The molecule has 1 aliphatic rings. The maximum Gasteiger partial charge on any atom is 0.223 e. The van der Waals surface area contributed by atoms with Crippen LogP contribution in [0.25, 0.3) is 0 Å². The molecule has 1 N–H and O–H groups in total. The summed E-state index contributed by atoms with van der Waals surface area (Å²) in [5.74, 6) is 0.269. The predicted molar refractivity (Wildman–Crippen MR) is 106 cm³/mol. The molecule has 0 spiro atoms. The number of hydrogen-bond donors (Lipinski definition) is 1. The average Bonchev–Trinajstić information content (AvgIpc) is 2.67. The minimum Gasteiger partial charge on any atom is -0.396 e. The summed E-state index contributed by atoms with van der Waals surface area (Å²) in [6.07, 6.45) is 3.53. The fraction of sp³-hybridized carbons (Fsp3) is 0.476. The van der Waals surface area contributed by atoms with Crippen LogP contribution in [0, 0.1) is 11.7 Å². The zero-order chi connectivity index (χ0) is 20.3. The van der Waals surface area contributed by atoms with Crippen LogP contribution in [0.1, 0.15) is 48.8 Å². The molecular weight excluding hydrogens is 381 g/mol. The Kier molecular flexibility index (Phi) is 6.62. The van der Waals surface area contributed by atoms with Crippen molar-refractivity contribution in [1.29, 1.82) is 0 Å². The lowest BCUT2D eigenvalue weighted by Crippen LogP contribution is -2.37. The number of fused-ring (bicyclic) bond motifs is 1. The summed E-state index contributed by atoms with van der Waals surface area (Å²) in [5, 5.41) is 9.73. The van der Waals surface area contributed by atoms with Gasteiger partial charge in [0.15, 0.2) is 0 Å². The number of rotatable bonds is 6. The van der Waals surface area contributed by atoms with Crippen molar-refractivity contribution in [1.82, 2.24) is 14.9 Å². The number of aromatic nitrogens is 2. The van der Waals surface area contributed by atoms with Gasteiger partial charge in [-0.15, -0.1) is 0 Å². The van der Waals surface area contributed by atoms with Crippen LogP contribution >= 0.6 is 11.6 Å². The average molecular weight is 406 g/mol. The predicted octanol–water partition coefficient (Wildman–Crippen LogP) is 3.52. The molecule has 1 aromatic heterocycles. The lowest BCUT2D eigenvalue weighted by atomic mass is 9.95. The molecule has 2 heterocycles. The summed E-state index contributed by atoms with van der Waals surface area (Å²) in [5.41, 5.74) is 2.64. The van der Waals surface area contributed by atoms with Crippen LogP contribution in [0.5, 0.6) is 0 Å². The molecule has 1 atom stereocenters. The molecule has 150 valence electrons. The van der Waals surface area contributed by atoms with E-state index < -0.39 is 11.7 Å². The third-order valence-corrected chi connectivity index (χ3v) is 5.29. The zero-order valence-electron chi connectivity index (χ0n) is 16.2. The molecule has 0 fully saturated rings. The van der Waals surface area contributed by atoms with Crippen molar-refractivity contribution in [2.75, 3.05) is 13.2 Å². The van der Waals surface area contributed by atoms with Crippen molar-refractivity contribution in [2.45, 2.75) is 45.6 Å². The molecule has 0 saturated heterocycles. The van der Waals surface area contributed by atoms with Gasteiger partial charge in [0.25, 0.3) is 0 Å².